The topological polar surface area (TPSA) is 113 Å². The van der Waals surface area contributed by atoms with Crippen molar-refractivity contribution in [2.75, 3.05) is 14.2 Å². The van der Waals surface area contributed by atoms with Crippen molar-refractivity contribution in [2.45, 2.75) is 19.4 Å². The van der Waals surface area contributed by atoms with Crippen molar-refractivity contribution in [1.29, 1.82) is 0 Å². The molecule has 2 aromatic carbocycles. The predicted octanol–water partition coefficient (Wildman–Crippen LogP) is 5.14. The number of methoxy groups -OCH3 is 2. The van der Waals surface area contributed by atoms with Crippen molar-refractivity contribution in [3.8, 4) is 28.9 Å². The fraction of sp³-hybridized carbons (Fsp3) is 0.185. The Bertz CT molecular complexity index is 1660. The average Bonchev–Trinajstić information content (AvgIpc) is 3.61. The van der Waals surface area contributed by atoms with Crippen LogP contribution in [0.15, 0.2) is 65.4 Å². The molecule has 3 aromatic heterocycles. The van der Waals surface area contributed by atoms with Crippen molar-refractivity contribution < 1.29 is 24.2 Å². The van der Waals surface area contributed by atoms with Gasteiger partial charge in [0.1, 0.15) is 17.8 Å². The number of ether oxygens (including phenoxy) is 3. The molecule has 0 aliphatic carbocycles. The SMILES string of the molecule is COc1ccc([C@H]2c3ccc(O)cc3Oc3ncn4nc(CO/N=C(/C)c5cccs5)nc4c32)cc1OC. The Labute approximate surface area is 221 Å². The maximum Gasteiger partial charge on any atom is 0.228 e. The molecular formula is C27H23N5O5S. The molecular weight excluding hydrogens is 506 g/mol. The van der Waals surface area contributed by atoms with Crippen LogP contribution in [0.2, 0.25) is 0 Å². The fourth-order valence-corrected chi connectivity index (χ4v) is 5.17. The average molecular weight is 530 g/mol. The van der Waals surface area contributed by atoms with E-state index in [4.69, 9.17) is 24.0 Å². The second kappa shape index (κ2) is 9.67. The molecule has 0 fully saturated rings. The van der Waals surface area contributed by atoms with Gasteiger partial charge in [-0.15, -0.1) is 16.4 Å². The minimum atomic E-state index is -0.331. The molecule has 1 aliphatic rings. The fourth-order valence-electron chi connectivity index (χ4n) is 4.50. The van der Waals surface area contributed by atoms with Gasteiger partial charge in [0.05, 0.1) is 30.4 Å². The van der Waals surface area contributed by atoms with E-state index in [1.54, 1.807) is 48.5 Å². The van der Waals surface area contributed by atoms with E-state index in [9.17, 15) is 5.11 Å². The minimum Gasteiger partial charge on any atom is -0.508 e. The van der Waals surface area contributed by atoms with Gasteiger partial charge in [-0.05, 0) is 42.1 Å². The zero-order valence-corrected chi connectivity index (χ0v) is 21.6. The highest BCUT2D eigenvalue weighted by molar-refractivity contribution is 7.12. The Morgan fingerprint density at radius 2 is 2.00 bits per heavy atom. The lowest BCUT2D eigenvalue weighted by Crippen LogP contribution is -2.15. The van der Waals surface area contributed by atoms with Crippen LogP contribution in [0.1, 0.15) is 40.2 Å². The number of thiophene rings is 1. The second-order valence-electron chi connectivity index (χ2n) is 8.56. The van der Waals surface area contributed by atoms with E-state index in [1.807, 2.05) is 48.7 Å². The first kappa shape index (κ1) is 23.7. The van der Waals surface area contributed by atoms with Crippen LogP contribution in [-0.2, 0) is 11.4 Å². The molecule has 4 heterocycles. The number of aromatic hydroxyl groups is 1. The van der Waals surface area contributed by atoms with E-state index >= 15 is 0 Å². The first-order valence-corrected chi connectivity index (χ1v) is 12.6. The quantitative estimate of drug-likeness (QED) is 0.224. The van der Waals surface area contributed by atoms with Crippen LogP contribution >= 0.6 is 11.3 Å². The largest absolute Gasteiger partial charge is 0.508 e. The molecule has 0 saturated heterocycles. The van der Waals surface area contributed by atoms with E-state index in [0.29, 0.717) is 34.6 Å². The lowest BCUT2D eigenvalue weighted by atomic mass is 9.83. The molecule has 0 spiro atoms. The van der Waals surface area contributed by atoms with Crippen LogP contribution in [0.4, 0.5) is 0 Å². The smallest absolute Gasteiger partial charge is 0.228 e. The molecule has 0 saturated carbocycles. The highest BCUT2D eigenvalue weighted by Gasteiger charge is 2.34. The van der Waals surface area contributed by atoms with Crippen LogP contribution in [0.25, 0.3) is 5.65 Å². The molecule has 0 radical (unpaired) electrons. The molecule has 38 heavy (non-hydrogen) atoms. The van der Waals surface area contributed by atoms with E-state index in [0.717, 1.165) is 27.3 Å². The molecule has 10 nitrogen and oxygen atoms in total. The van der Waals surface area contributed by atoms with E-state index < -0.39 is 0 Å². The van der Waals surface area contributed by atoms with Crippen LogP contribution in [0.5, 0.6) is 28.9 Å². The molecule has 192 valence electrons. The first-order valence-electron chi connectivity index (χ1n) is 11.7. The lowest BCUT2D eigenvalue weighted by molar-refractivity contribution is 0.125. The number of nitrogens with zero attached hydrogens (tertiary/aromatic N) is 5. The number of aromatic nitrogens is 4. The van der Waals surface area contributed by atoms with Gasteiger partial charge in [-0.25, -0.2) is 14.5 Å². The third-order valence-electron chi connectivity index (χ3n) is 6.25. The molecule has 0 amide bonds. The Morgan fingerprint density at radius 1 is 1.13 bits per heavy atom. The van der Waals surface area contributed by atoms with Crippen LogP contribution in [-0.4, -0.2) is 44.6 Å². The summed E-state index contributed by atoms with van der Waals surface area (Å²) in [6.07, 6.45) is 1.55. The van der Waals surface area contributed by atoms with Gasteiger partial charge in [-0.3, -0.25) is 0 Å². The normalized spacial score (nSPS) is 14.5. The molecule has 1 N–H and O–H groups in total. The maximum atomic E-state index is 10.1. The van der Waals surface area contributed by atoms with Gasteiger partial charge in [-0.2, -0.15) is 0 Å². The third kappa shape index (κ3) is 4.16. The predicted molar refractivity (Wildman–Crippen MR) is 141 cm³/mol. The van der Waals surface area contributed by atoms with Gasteiger partial charge in [0.2, 0.25) is 5.88 Å². The number of hydrogen-bond donors (Lipinski definition) is 1. The van der Waals surface area contributed by atoms with Crippen LogP contribution < -0.4 is 14.2 Å². The van der Waals surface area contributed by atoms with Crippen LogP contribution in [0, 0.1) is 0 Å². The van der Waals surface area contributed by atoms with E-state index in [1.165, 1.54) is 0 Å². The summed E-state index contributed by atoms with van der Waals surface area (Å²) in [7, 11) is 3.19. The second-order valence-corrected chi connectivity index (χ2v) is 9.51. The summed E-state index contributed by atoms with van der Waals surface area (Å²) in [5.41, 5.74) is 3.84. The summed E-state index contributed by atoms with van der Waals surface area (Å²) in [5, 5.41) is 20.9. The van der Waals surface area contributed by atoms with E-state index in [-0.39, 0.29) is 18.3 Å². The highest BCUT2D eigenvalue weighted by atomic mass is 32.1. The molecule has 6 rings (SSSR count). The Balaban J connectivity index is 1.43. The summed E-state index contributed by atoms with van der Waals surface area (Å²) in [6, 6.07) is 14.7. The minimum absolute atomic E-state index is 0.0888. The zero-order valence-electron chi connectivity index (χ0n) is 20.8. The van der Waals surface area contributed by atoms with Crippen molar-refractivity contribution >= 4 is 22.7 Å². The summed E-state index contributed by atoms with van der Waals surface area (Å²) in [4.78, 5) is 15.9. The molecule has 1 atom stereocenters. The number of rotatable bonds is 7. The Kier molecular flexibility index (Phi) is 6.04. The number of hydrogen-bond acceptors (Lipinski definition) is 10. The summed E-state index contributed by atoms with van der Waals surface area (Å²) >= 11 is 1.59. The maximum absolute atomic E-state index is 10.1. The Hall–Kier alpha value is -4.64. The summed E-state index contributed by atoms with van der Waals surface area (Å²) < 4.78 is 18.7. The van der Waals surface area contributed by atoms with Gasteiger partial charge in [0, 0.05) is 17.5 Å². The van der Waals surface area contributed by atoms with Gasteiger partial charge in [0.15, 0.2) is 29.6 Å². The lowest BCUT2D eigenvalue weighted by Gasteiger charge is -2.28. The number of benzene rings is 2. The van der Waals surface area contributed by atoms with Gasteiger partial charge < -0.3 is 24.2 Å². The number of oxime groups is 1. The van der Waals surface area contributed by atoms with Gasteiger partial charge in [-0.1, -0.05) is 23.4 Å². The van der Waals surface area contributed by atoms with Crippen molar-refractivity contribution in [3.63, 3.8) is 0 Å². The van der Waals surface area contributed by atoms with E-state index in [2.05, 4.69) is 15.2 Å². The molecule has 0 bridgehead atoms. The number of fused-ring (bicyclic) bond motifs is 4. The van der Waals surface area contributed by atoms with Crippen LogP contribution in [0.3, 0.4) is 0 Å². The third-order valence-corrected chi connectivity index (χ3v) is 7.23. The molecule has 1 aliphatic heterocycles. The first-order chi connectivity index (χ1) is 18.6. The van der Waals surface area contributed by atoms with Crippen molar-refractivity contribution in [2.24, 2.45) is 5.16 Å². The van der Waals surface area contributed by atoms with Crippen molar-refractivity contribution in [1.82, 2.24) is 19.6 Å². The molecule has 5 aromatic rings. The number of phenols is 1. The highest BCUT2D eigenvalue weighted by Crippen LogP contribution is 2.49. The Morgan fingerprint density at radius 3 is 2.79 bits per heavy atom. The van der Waals surface area contributed by atoms with Gasteiger partial charge in [0.25, 0.3) is 0 Å². The molecule has 11 heteroatoms. The summed E-state index contributed by atoms with van der Waals surface area (Å²) in [5.74, 6) is 2.31. The zero-order chi connectivity index (χ0) is 26.2. The number of phenolic OH excluding ortho intramolecular Hbond substituents is 1. The van der Waals surface area contributed by atoms with Gasteiger partial charge >= 0.3 is 0 Å². The molecule has 0 unspecified atom stereocenters. The van der Waals surface area contributed by atoms with Crippen molar-refractivity contribution in [3.05, 3.63) is 87.6 Å². The summed E-state index contributed by atoms with van der Waals surface area (Å²) in [6.45, 7) is 1.98. The standard InChI is InChI=1S/C27H23N5O5S/c1-15(22-5-4-10-38-22)31-36-13-23-29-26-25-24(16-6-9-19(34-2)21(11-16)35-3)18-8-7-17(33)12-20(18)37-27(25)28-14-32(26)30-23/h4-12,14,24,33H,13H2,1-3H3/b31-15-/t24-/m0/s1. The monoisotopic (exact) mass is 529 g/mol.